The molecule has 11 heteroatoms. The van der Waals surface area contributed by atoms with Crippen LogP contribution in [0.15, 0.2) is 66.1 Å². The van der Waals surface area contributed by atoms with Crippen molar-refractivity contribution in [3.05, 3.63) is 77.3 Å². The van der Waals surface area contributed by atoms with E-state index in [0.29, 0.717) is 17.1 Å². The number of aromatic hydroxyl groups is 1. The summed E-state index contributed by atoms with van der Waals surface area (Å²) in [4.78, 5) is 13.0. The first-order valence-corrected chi connectivity index (χ1v) is 13.2. The Labute approximate surface area is 243 Å². The molecular weight excluding hydrogens is 548 g/mol. The molecule has 4 N–H and O–H groups in total. The standard InChI is InChI=1S/C31H36O11/c1-37-23-13-19(8-9-21(23)35)29-20(16-33)31(14-25(39-3)28(36)26(15-31)40-4)30(42-29)27(17-34)41-22-10-7-18(6-5-11-32)12-24(22)38-2/h5-10,12-15,20,27,29-30,32-35H,11,16-17H2,1-4H3/b6-5-/t20-,27+,29-,30-/m1/s1. The van der Waals surface area contributed by atoms with Gasteiger partial charge in [0.25, 0.3) is 5.78 Å². The minimum Gasteiger partial charge on any atom is -0.504 e. The van der Waals surface area contributed by atoms with Gasteiger partial charge in [-0.3, -0.25) is 4.79 Å². The Balaban J connectivity index is 1.85. The summed E-state index contributed by atoms with van der Waals surface area (Å²) in [7, 11) is 5.61. The van der Waals surface area contributed by atoms with Crippen molar-refractivity contribution in [1.29, 1.82) is 0 Å². The van der Waals surface area contributed by atoms with Gasteiger partial charge in [0.15, 0.2) is 34.5 Å². The molecule has 2 aromatic carbocycles. The number of ether oxygens (including phenoxy) is 6. The smallest absolute Gasteiger partial charge is 0.261 e. The largest absolute Gasteiger partial charge is 0.504 e. The van der Waals surface area contributed by atoms with Crippen LogP contribution in [0.5, 0.6) is 23.0 Å². The number of ketones is 1. The Morgan fingerprint density at radius 2 is 1.60 bits per heavy atom. The van der Waals surface area contributed by atoms with Gasteiger partial charge in [0.1, 0.15) is 12.2 Å². The van der Waals surface area contributed by atoms with Crippen LogP contribution in [0.4, 0.5) is 0 Å². The number of phenolic OH excluding ortho intramolecular Hbond substituents is 1. The van der Waals surface area contributed by atoms with Crippen LogP contribution in [-0.2, 0) is 19.0 Å². The minimum absolute atomic E-state index is 0.0142. The van der Waals surface area contributed by atoms with E-state index >= 15 is 0 Å². The van der Waals surface area contributed by atoms with Gasteiger partial charge < -0.3 is 48.8 Å². The van der Waals surface area contributed by atoms with Crippen molar-refractivity contribution in [3.63, 3.8) is 0 Å². The van der Waals surface area contributed by atoms with E-state index in [4.69, 9.17) is 33.5 Å². The fourth-order valence-electron chi connectivity index (χ4n) is 5.55. The Bertz CT molecular complexity index is 1340. The van der Waals surface area contributed by atoms with E-state index in [1.807, 2.05) is 0 Å². The molecule has 1 fully saturated rings. The monoisotopic (exact) mass is 584 g/mol. The lowest BCUT2D eigenvalue weighted by molar-refractivity contribution is -0.118. The van der Waals surface area contributed by atoms with Crippen molar-refractivity contribution in [2.45, 2.75) is 18.3 Å². The van der Waals surface area contributed by atoms with Crippen LogP contribution < -0.4 is 14.2 Å². The summed E-state index contributed by atoms with van der Waals surface area (Å²) < 4.78 is 34.6. The van der Waals surface area contributed by atoms with Crippen molar-refractivity contribution in [2.75, 3.05) is 48.3 Å². The maximum absolute atomic E-state index is 13.0. The minimum atomic E-state index is -1.25. The number of benzene rings is 2. The lowest BCUT2D eigenvalue weighted by Gasteiger charge is -2.38. The first-order valence-electron chi connectivity index (χ1n) is 13.2. The number of aliphatic hydroxyl groups is 3. The summed E-state index contributed by atoms with van der Waals surface area (Å²) in [6.07, 6.45) is 3.65. The lowest BCUT2D eigenvalue weighted by Crippen LogP contribution is -2.48. The molecule has 0 radical (unpaired) electrons. The Morgan fingerprint density at radius 3 is 2.17 bits per heavy atom. The fourth-order valence-corrected chi connectivity index (χ4v) is 5.55. The molecule has 2 aliphatic rings. The average Bonchev–Trinajstić information content (AvgIpc) is 3.32. The summed E-state index contributed by atoms with van der Waals surface area (Å²) in [6, 6.07) is 9.86. The van der Waals surface area contributed by atoms with E-state index in [1.165, 1.54) is 34.5 Å². The third kappa shape index (κ3) is 5.68. The maximum Gasteiger partial charge on any atom is 0.261 e. The second kappa shape index (κ2) is 13.3. The summed E-state index contributed by atoms with van der Waals surface area (Å²) in [5.74, 6) is -0.404. The van der Waals surface area contributed by atoms with Gasteiger partial charge in [-0.05, 0) is 47.5 Å². The van der Waals surface area contributed by atoms with E-state index in [1.54, 1.807) is 54.6 Å². The second-order valence-corrected chi connectivity index (χ2v) is 9.79. The van der Waals surface area contributed by atoms with Gasteiger partial charge in [-0.15, -0.1) is 0 Å². The average molecular weight is 585 g/mol. The first kappa shape index (κ1) is 30.9. The normalized spacial score (nSPS) is 22.1. The van der Waals surface area contributed by atoms with E-state index in [9.17, 15) is 20.1 Å². The van der Waals surface area contributed by atoms with Gasteiger partial charge in [-0.1, -0.05) is 24.3 Å². The molecule has 2 aromatic rings. The van der Waals surface area contributed by atoms with Crippen molar-refractivity contribution >= 4 is 11.9 Å². The van der Waals surface area contributed by atoms with Crippen molar-refractivity contribution in [2.24, 2.45) is 11.3 Å². The number of carbonyl (C=O) groups excluding carboxylic acids is 1. The molecule has 0 bridgehead atoms. The van der Waals surface area contributed by atoms with Gasteiger partial charge in [-0.25, -0.2) is 0 Å². The van der Waals surface area contributed by atoms with Gasteiger partial charge in [-0.2, -0.15) is 0 Å². The second-order valence-electron chi connectivity index (χ2n) is 9.79. The number of Topliss-reactive ketones (excluding diaryl/α,β-unsaturated/α-hetero) is 1. The van der Waals surface area contributed by atoms with Gasteiger partial charge in [0.05, 0.1) is 53.2 Å². The Kier molecular flexibility index (Phi) is 9.79. The van der Waals surface area contributed by atoms with Crippen LogP contribution >= 0.6 is 0 Å². The molecule has 42 heavy (non-hydrogen) atoms. The third-order valence-corrected chi connectivity index (χ3v) is 7.57. The molecule has 4 atom stereocenters. The Morgan fingerprint density at radius 1 is 0.905 bits per heavy atom. The molecule has 0 aromatic heterocycles. The molecule has 0 saturated carbocycles. The Hall–Kier alpha value is -4.03. The van der Waals surface area contributed by atoms with E-state index in [0.717, 1.165) is 5.56 Å². The van der Waals surface area contributed by atoms with Crippen molar-refractivity contribution in [1.82, 2.24) is 0 Å². The number of phenols is 1. The molecule has 1 aliphatic carbocycles. The molecule has 4 rings (SSSR count). The molecule has 11 nitrogen and oxygen atoms in total. The van der Waals surface area contributed by atoms with Crippen molar-refractivity contribution < 1.29 is 53.6 Å². The van der Waals surface area contributed by atoms with Gasteiger partial charge >= 0.3 is 0 Å². The third-order valence-electron chi connectivity index (χ3n) is 7.57. The zero-order valence-electron chi connectivity index (χ0n) is 23.9. The number of rotatable bonds is 12. The zero-order valence-corrected chi connectivity index (χ0v) is 23.9. The van der Waals surface area contributed by atoms with E-state index in [-0.39, 0.29) is 29.6 Å². The predicted octanol–water partition coefficient (Wildman–Crippen LogP) is 2.53. The highest BCUT2D eigenvalue weighted by Gasteiger charge is 2.59. The first-order chi connectivity index (χ1) is 20.3. The van der Waals surface area contributed by atoms with Crippen LogP contribution in [0.25, 0.3) is 6.08 Å². The quantitative estimate of drug-likeness (QED) is 0.291. The van der Waals surface area contributed by atoms with Crippen LogP contribution in [0.2, 0.25) is 0 Å². The highest BCUT2D eigenvalue weighted by atomic mass is 16.6. The van der Waals surface area contributed by atoms with Crippen LogP contribution in [-0.4, -0.2) is 86.7 Å². The number of aliphatic hydroxyl groups excluding tert-OH is 3. The van der Waals surface area contributed by atoms with Crippen molar-refractivity contribution in [3.8, 4) is 23.0 Å². The lowest BCUT2D eigenvalue weighted by atomic mass is 9.66. The molecule has 0 amide bonds. The summed E-state index contributed by atoms with van der Waals surface area (Å²) in [5.41, 5.74) is 0.0891. The van der Waals surface area contributed by atoms with E-state index in [2.05, 4.69) is 0 Å². The number of methoxy groups -OCH3 is 4. The summed E-state index contributed by atoms with van der Waals surface area (Å²) in [5, 5.41) is 40.7. The highest BCUT2D eigenvalue weighted by Crippen LogP contribution is 2.56. The fraction of sp³-hybridized carbons (Fsp3) is 0.387. The van der Waals surface area contributed by atoms with E-state index < -0.39 is 48.6 Å². The number of hydrogen-bond donors (Lipinski definition) is 4. The van der Waals surface area contributed by atoms with Gasteiger partial charge in [0.2, 0.25) is 0 Å². The highest BCUT2D eigenvalue weighted by molar-refractivity contribution is 6.06. The number of hydrogen-bond acceptors (Lipinski definition) is 11. The molecule has 1 spiro atoms. The topological polar surface area (TPSA) is 153 Å². The SMILES string of the molecule is COC1=CC2(C=C(OC)C1=O)[C@H](CO)[C@@H](c1ccc(O)c(OC)c1)O[C@@H]2[C@H](CO)Oc1ccc(/C=C\CO)cc1OC. The van der Waals surface area contributed by atoms with Crippen LogP contribution in [0.1, 0.15) is 17.2 Å². The predicted molar refractivity (Wildman–Crippen MR) is 151 cm³/mol. The summed E-state index contributed by atoms with van der Waals surface area (Å²) >= 11 is 0. The molecular formula is C31H36O11. The van der Waals surface area contributed by atoms with Gasteiger partial charge in [0, 0.05) is 12.5 Å². The molecule has 226 valence electrons. The molecule has 1 saturated heterocycles. The molecule has 1 heterocycles. The van der Waals surface area contributed by atoms with Crippen LogP contribution in [0, 0.1) is 11.3 Å². The van der Waals surface area contributed by atoms with Crippen LogP contribution in [0.3, 0.4) is 0 Å². The zero-order chi connectivity index (χ0) is 30.4. The molecule has 0 unspecified atom stereocenters. The molecule has 1 aliphatic heterocycles. The maximum atomic E-state index is 13.0. The summed E-state index contributed by atoms with van der Waals surface area (Å²) in [6.45, 7) is -1.02. The number of carbonyl (C=O) groups is 1.